The molecule has 0 heterocycles. The molecule has 0 aromatic rings. The molecule has 106 valence electrons. The van der Waals surface area contributed by atoms with Crippen LogP contribution in [-0.4, -0.2) is 29.8 Å². The summed E-state index contributed by atoms with van der Waals surface area (Å²) in [7, 11) is 0. The number of aliphatic hydroxyl groups excluding tert-OH is 1. The van der Waals surface area contributed by atoms with Crippen LogP contribution in [0.3, 0.4) is 0 Å². The van der Waals surface area contributed by atoms with Gasteiger partial charge in [-0.05, 0) is 38.0 Å². The first kappa shape index (κ1) is 15.3. The van der Waals surface area contributed by atoms with Crippen LogP contribution >= 0.6 is 0 Å². The van der Waals surface area contributed by atoms with Crippen molar-refractivity contribution in [2.75, 3.05) is 6.61 Å². The maximum Gasteiger partial charge on any atom is 0.315 e. The Kier molecular flexibility index (Phi) is 6.47. The van der Waals surface area contributed by atoms with Gasteiger partial charge in [-0.2, -0.15) is 0 Å². The Bertz CT molecular complexity index is 258. The third-order valence-electron chi connectivity index (χ3n) is 4.20. The molecule has 4 nitrogen and oxygen atoms in total. The van der Waals surface area contributed by atoms with E-state index in [0.29, 0.717) is 17.9 Å². The number of carbonyl (C=O) groups is 1. The Morgan fingerprint density at radius 1 is 1.39 bits per heavy atom. The molecule has 4 heteroatoms. The van der Waals surface area contributed by atoms with Crippen LogP contribution in [0.25, 0.3) is 0 Å². The van der Waals surface area contributed by atoms with E-state index in [9.17, 15) is 4.79 Å². The van der Waals surface area contributed by atoms with E-state index in [0.717, 1.165) is 19.3 Å². The Morgan fingerprint density at radius 2 is 2.11 bits per heavy atom. The van der Waals surface area contributed by atoms with Gasteiger partial charge in [0.15, 0.2) is 0 Å². The predicted octanol–water partition coefficient (Wildman–Crippen LogP) is 2.27. The van der Waals surface area contributed by atoms with E-state index in [1.165, 1.54) is 12.8 Å². The second kappa shape index (κ2) is 7.62. The molecule has 0 aromatic heterocycles. The number of aliphatic hydroxyl groups is 1. The van der Waals surface area contributed by atoms with Gasteiger partial charge in [-0.25, -0.2) is 4.79 Å². The van der Waals surface area contributed by atoms with Gasteiger partial charge >= 0.3 is 6.03 Å². The minimum atomic E-state index is -0.0635. The van der Waals surface area contributed by atoms with Gasteiger partial charge in [-0.1, -0.05) is 26.7 Å². The van der Waals surface area contributed by atoms with Gasteiger partial charge in [-0.15, -0.1) is 0 Å². The number of nitrogens with one attached hydrogen (secondary N) is 2. The fourth-order valence-corrected chi connectivity index (χ4v) is 2.69. The second-order valence-corrected chi connectivity index (χ2v) is 5.76. The highest BCUT2D eigenvalue weighted by Gasteiger charge is 2.28. The molecule has 1 aliphatic carbocycles. The smallest absolute Gasteiger partial charge is 0.315 e. The molecule has 1 rings (SSSR count). The molecule has 4 atom stereocenters. The molecule has 1 saturated carbocycles. The van der Waals surface area contributed by atoms with E-state index in [1.807, 2.05) is 6.92 Å². The topological polar surface area (TPSA) is 61.4 Å². The van der Waals surface area contributed by atoms with Crippen LogP contribution < -0.4 is 10.6 Å². The zero-order valence-electron chi connectivity index (χ0n) is 11.9. The van der Waals surface area contributed by atoms with Crippen LogP contribution in [0.1, 0.15) is 52.9 Å². The van der Waals surface area contributed by atoms with Crippen LogP contribution in [0.4, 0.5) is 4.79 Å². The zero-order valence-corrected chi connectivity index (χ0v) is 11.9. The Labute approximate surface area is 111 Å². The fraction of sp³-hybridized carbons (Fsp3) is 0.929. The van der Waals surface area contributed by atoms with Crippen LogP contribution in [0.2, 0.25) is 0 Å². The van der Waals surface area contributed by atoms with Gasteiger partial charge in [-0.3, -0.25) is 0 Å². The van der Waals surface area contributed by atoms with E-state index in [4.69, 9.17) is 5.11 Å². The molecular formula is C14H28N2O2. The van der Waals surface area contributed by atoms with E-state index in [1.54, 1.807) is 0 Å². The Morgan fingerprint density at radius 3 is 2.78 bits per heavy atom. The number of amides is 2. The van der Waals surface area contributed by atoms with Crippen molar-refractivity contribution >= 4 is 6.03 Å². The van der Waals surface area contributed by atoms with Crippen LogP contribution in [0, 0.1) is 11.8 Å². The van der Waals surface area contributed by atoms with Crippen molar-refractivity contribution < 1.29 is 9.90 Å². The standard InChI is InChI=1S/C14H28N2O2/c1-10-6-4-8-13(12(10)3)16-14(18)15-11(2)7-5-9-17/h10-13,17H,4-9H2,1-3H3,(H2,15,16,18). The van der Waals surface area contributed by atoms with E-state index >= 15 is 0 Å². The second-order valence-electron chi connectivity index (χ2n) is 5.76. The highest BCUT2D eigenvalue weighted by molar-refractivity contribution is 5.74. The summed E-state index contributed by atoms with van der Waals surface area (Å²) < 4.78 is 0. The van der Waals surface area contributed by atoms with E-state index < -0.39 is 0 Å². The first-order valence-electron chi connectivity index (χ1n) is 7.22. The van der Waals surface area contributed by atoms with Gasteiger partial charge < -0.3 is 15.7 Å². The minimum Gasteiger partial charge on any atom is -0.396 e. The number of carbonyl (C=O) groups excluding carboxylic acids is 1. The third-order valence-corrected chi connectivity index (χ3v) is 4.20. The molecular weight excluding hydrogens is 228 g/mol. The summed E-state index contributed by atoms with van der Waals surface area (Å²) in [5, 5.41) is 14.8. The van der Waals surface area contributed by atoms with Gasteiger partial charge in [0.1, 0.15) is 0 Å². The highest BCUT2D eigenvalue weighted by atomic mass is 16.3. The molecule has 4 unspecified atom stereocenters. The summed E-state index contributed by atoms with van der Waals surface area (Å²) in [5.74, 6) is 1.24. The molecule has 0 aromatic carbocycles. The first-order chi connectivity index (χ1) is 8.54. The molecule has 2 amide bonds. The van der Waals surface area contributed by atoms with E-state index in [-0.39, 0.29) is 18.7 Å². The minimum absolute atomic E-state index is 0.0635. The summed E-state index contributed by atoms with van der Waals surface area (Å²) in [6.07, 6.45) is 5.12. The van der Waals surface area contributed by atoms with Crippen molar-refractivity contribution in [2.45, 2.75) is 65.0 Å². The van der Waals surface area contributed by atoms with Crippen molar-refractivity contribution in [1.29, 1.82) is 0 Å². The fourth-order valence-electron chi connectivity index (χ4n) is 2.69. The average molecular weight is 256 g/mol. The number of hydrogen-bond donors (Lipinski definition) is 3. The molecule has 0 aliphatic heterocycles. The molecule has 0 saturated heterocycles. The lowest BCUT2D eigenvalue weighted by molar-refractivity contribution is 0.192. The number of urea groups is 1. The van der Waals surface area contributed by atoms with Crippen molar-refractivity contribution in [2.24, 2.45) is 11.8 Å². The van der Waals surface area contributed by atoms with Crippen molar-refractivity contribution in [3.05, 3.63) is 0 Å². The van der Waals surface area contributed by atoms with Gasteiger partial charge in [0.2, 0.25) is 0 Å². The van der Waals surface area contributed by atoms with Gasteiger partial charge in [0, 0.05) is 18.7 Å². The Balaban J connectivity index is 2.30. The lowest BCUT2D eigenvalue weighted by atomic mass is 9.78. The van der Waals surface area contributed by atoms with Crippen molar-refractivity contribution in [1.82, 2.24) is 10.6 Å². The van der Waals surface area contributed by atoms with Crippen molar-refractivity contribution in [3.8, 4) is 0 Å². The van der Waals surface area contributed by atoms with Crippen LogP contribution in [0.15, 0.2) is 0 Å². The van der Waals surface area contributed by atoms with E-state index in [2.05, 4.69) is 24.5 Å². The lowest BCUT2D eigenvalue weighted by Gasteiger charge is -2.34. The Hall–Kier alpha value is -0.770. The van der Waals surface area contributed by atoms with Crippen molar-refractivity contribution in [3.63, 3.8) is 0 Å². The normalized spacial score (nSPS) is 29.7. The summed E-state index contributed by atoms with van der Waals surface area (Å²) >= 11 is 0. The molecule has 1 aliphatic rings. The summed E-state index contributed by atoms with van der Waals surface area (Å²) in [4.78, 5) is 11.9. The van der Waals surface area contributed by atoms with Gasteiger partial charge in [0.05, 0.1) is 0 Å². The SMILES string of the molecule is CC(CCCO)NC(=O)NC1CCCC(C)C1C. The predicted molar refractivity (Wildman–Crippen MR) is 73.4 cm³/mol. The molecule has 0 spiro atoms. The molecule has 3 N–H and O–H groups in total. The average Bonchev–Trinajstić information content (AvgIpc) is 2.32. The molecule has 0 radical (unpaired) electrons. The maximum absolute atomic E-state index is 11.9. The van der Waals surface area contributed by atoms with Crippen LogP contribution in [-0.2, 0) is 0 Å². The van der Waals surface area contributed by atoms with Crippen LogP contribution in [0.5, 0.6) is 0 Å². The monoisotopic (exact) mass is 256 g/mol. The highest BCUT2D eigenvalue weighted by Crippen LogP contribution is 2.29. The first-order valence-corrected chi connectivity index (χ1v) is 7.22. The summed E-state index contributed by atoms with van der Waals surface area (Å²) in [6, 6.07) is 0.360. The maximum atomic E-state index is 11.9. The molecule has 18 heavy (non-hydrogen) atoms. The number of hydrogen-bond acceptors (Lipinski definition) is 2. The summed E-state index contributed by atoms with van der Waals surface area (Å²) in [5.41, 5.74) is 0. The lowest BCUT2D eigenvalue weighted by Crippen LogP contribution is -2.49. The third kappa shape index (κ3) is 4.84. The quantitative estimate of drug-likeness (QED) is 0.706. The molecule has 1 fully saturated rings. The number of rotatable bonds is 5. The zero-order chi connectivity index (χ0) is 13.5. The summed E-state index contributed by atoms with van der Waals surface area (Å²) in [6.45, 7) is 6.65. The molecule has 0 bridgehead atoms. The largest absolute Gasteiger partial charge is 0.396 e. The van der Waals surface area contributed by atoms with Gasteiger partial charge in [0.25, 0.3) is 0 Å².